The summed E-state index contributed by atoms with van der Waals surface area (Å²) in [4.78, 5) is 42.8. The van der Waals surface area contributed by atoms with Crippen molar-refractivity contribution in [2.45, 2.75) is 142 Å². The number of allylic oxidation sites excluding steroid dienone is 1. The second kappa shape index (κ2) is 14.3. The number of hydrogen-bond donors (Lipinski definition) is 1. The molecule has 2 fully saturated rings. The van der Waals surface area contributed by atoms with E-state index in [1.807, 2.05) is 38.1 Å². The lowest BCUT2D eigenvalue weighted by Crippen LogP contribution is -2.62. The molecular formula is C42H65NO6Si2. The summed E-state index contributed by atoms with van der Waals surface area (Å²) in [5.41, 5.74) is -0.518. The molecule has 9 heteroatoms. The van der Waals surface area contributed by atoms with Crippen molar-refractivity contribution in [3.05, 3.63) is 72.4 Å². The Morgan fingerprint density at radius 3 is 2.10 bits per heavy atom. The van der Waals surface area contributed by atoms with E-state index in [9.17, 15) is 9.59 Å². The van der Waals surface area contributed by atoms with Crippen LogP contribution in [-0.4, -0.2) is 58.1 Å². The van der Waals surface area contributed by atoms with Crippen molar-refractivity contribution in [1.82, 2.24) is 5.32 Å². The zero-order chi connectivity index (χ0) is 38.5. The van der Waals surface area contributed by atoms with Gasteiger partial charge in [0.15, 0.2) is 22.4 Å². The van der Waals surface area contributed by atoms with Crippen molar-refractivity contribution in [2.75, 3.05) is 0 Å². The molecule has 7 nitrogen and oxygen atoms in total. The fraction of sp³-hybridized carbons (Fsp3) is 0.643. The number of hydrogen-bond acceptors (Lipinski definition) is 6. The molecule has 1 saturated heterocycles. The van der Waals surface area contributed by atoms with Crippen LogP contribution in [0.4, 0.5) is 0 Å². The van der Waals surface area contributed by atoms with Gasteiger partial charge >= 0.3 is 5.97 Å². The van der Waals surface area contributed by atoms with Gasteiger partial charge in [0.1, 0.15) is 17.1 Å². The third-order valence-electron chi connectivity index (χ3n) is 13.0. The Morgan fingerprint density at radius 2 is 1.55 bits per heavy atom. The van der Waals surface area contributed by atoms with Crippen molar-refractivity contribution < 1.29 is 28.0 Å². The number of ether oxygens (including phenoxy) is 1. The summed E-state index contributed by atoms with van der Waals surface area (Å²) in [7, 11) is -4.90. The van der Waals surface area contributed by atoms with E-state index in [1.54, 1.807) is 12.2 Å². The van der Waals surface area contributed by atoms with Gasteiger partial charge < -0.3 is 18.9 Å². The first-order chi connectivity index (χ1) is 23.3. The van der Waals surface area contributed by atoms with Crippen LogP contribution in [0, 0.1) is 29.1 Å². The molecule has 1 N–H and O–H groups in total. The van der Waals surface area contributed by atoms with Crippen LogP contribution in [0.1, 0.15) is 81.2 Å². The lowest BCUT2D eigenvalue weighted by molar-refractivity contribution is -0.165. The quantitative estimate of drug-likeness (QED) is 0.171. The standard InChI is InChI=1S/C42H65NO6Si2/c1-27-20-19-23-32-36(48-50(12,13)39(5,6)7)29(3)28(2)35-33(26-31-21-17-16-18-22-31)43-38(46)42(32,35)34(47-30(4)44)24-25-41(11,37(27)45)49-51(14,15)40(8,9)10/h16-19,21-25,27-28,32-36H,3,20,26H2,1-2,4-15H3,(H,43,46)/b23-19+,25-24+/t27?,28-,32+,33+,34+,35+,36-,41+,42-/m1/s1. The maximum absolute atomic E-state index is 15.2. The average Bonchev–Trinajstić information content (AvgIpc) is 3.28. The van der Waals surface area contributed by atoms with Gasteiger partial charge in [-0.25, -0.2) is 0 Å². The Bertz CT molecular complexity index is 1550. The van der Waals surface area contributed by atoms with Gasteiger partial charge in [0.25, 0.3) is 0 Å². The first-order valence-electron chi connectivity index (χ1n) is 18.8. The Balaban J connectivity index is 2.04. The maximum atomic E-state index is 15.2. The minimum absolute atomic E-state index is 0.0431. The maximum Gasteiger partial charge on any atom is 0.303 e. The number of amides is 1. The Hall–Kier alpha value is -2.60. The van der Waals surface area contributed by atoms with E-state index in [2.05, 4.69) is 98.2 Å². The highest BCUT2D eigenvalue weighted by Crippen LogP contribution is 2.60. The molecule has 4 rings (SSSR count). The molecule has 1 aromatic rings. The lowest BCUT2D eigenvalue weighted by Gasteiger charge is -2.55. The van der Waals surface area contributed by atoms with Gasteiger partial charge in [-0.15, -0.1) is 0 Å². The summed E-state index contributed by atoms with van der Waals surface area (Å²) in [6, 6.07) is 9.92. The summed E-state index contributed by atoms with van der Waals surface area (Å²) >= 11 is 0. The zero-order valence-corrected chi connectivity index (χ0v) is 35.8. The lowest BCUT2D eigenvalue weighted by atomic mass is 9.51. The number of carbonyl (C=O) groups is 3. The normalized spacial score (nSPS) is 34.9. The number of rotatable bonds is 7. The van der Waals surface area contributed by atoms with Crippen molar-refractivity contribution in [2.24, 2.45) is 29.1 Å². The van der Waals surface area contributed by atoms with Gasteiger partial charge in [-0.3, -0.25) is 14.4 Å². The number of nitrogens with one attached hydrogen (secondary N) is 1. The highest BCUT2D eigenvalue weighted by molar-refractivity contribution is 6.74. The first kappa shape index (κ1) is 41.2. The summed E-state index contributed by atoms with van der Waals surface area (Å²) in [6.07, 6.45) is 7.26. The van der Waals surface area contributed by atoms with E-state index in [-0.39, 0.29) is 45.6 Å². The van der Waals surface area contributed by atoms with Crippen molar-refractivity contribution in [3.8, 4) is 0 Å². The third-order valence-corrected chi connectivity index (χ3v) is 22.0. The van der Waals surface area contributed by atoms with Gasteiger partial charge in [-0.05, 0) is 85.2 Å². The number of benzene rings is 1. The Morgan fingerprint density at radius 1 is 0.961 bits per heavy atom. The number of ketones is 1. The van der Waals surface area contributed by atoms with Crippen molar-refractivity contribution in [3.63, 3.8) is 0 Å². The van der Waals surface area contributed by atoms with E-state index in [4.69, 9.17) is 20.2 Å². The molecule has 9 atom stereocenters. The van der Waals surface area contributed by atoms with Gasteiger partial charge in [-0.2, -0.15) is 0 Å². The topological polar surface area (TPSA) is 90.9 Å². The van der Waals surface area contributed by atoms with E-state index in [0.29, 0.717) is 12.8 Å². The molecule has 1 spiro atoms. The van der Waals surface area contributed by atoms with Crippen LogP contribution in [0.3, 0.4) is 0 Å². The van der Waals surface area contributed by atoms with Crippen LogP contribution in [0.25, 0.3) is 0 Å². The monoisotopic (exact) mass is 735 g/mol. The molecule has 1 heterocycles. The predicted molar refractivity (Wildman–Crippen MR) is 211 cm³/mol. The SMILES string of the molecule is C=C1[C@@H](C)[C@H]2[C@H](Cc3ccccc3)NC(=O)[C@]23[C@@H](OC(C)=O)/C=C/[C@](C)(O[Si](C)(C)C(C)(C)C)C(=O)C(C)C/C=C/[C@H]3[C@@H]1O[Si](C)(C)C(C)(C)C. The highest BCUT2D eigenvalue weighted by atomic mass is 28.4. The van der Waals surface area contributed by atoms with Crippen molar-refractivity contribution in [1.29, 1.82) is 0 Å². The molecule has 1 aromatic carbocycles. The van der Waals surface area contributed by atoms with E-state index < -0.39 is 51.7 Å². The van der Waals surface area contributed by atoms with E-state index >= 15 is 4.79 Å². The minimum Gasteiger partial charge on any atom is -0.457 e. The molecule has 1 amide bonds. The van der Waals surface area contributed by atoms with Crippen LogP contribution in [-0.2, 0) is 34.4 Å². The molecule has 282 valence electrons. The van der Waals surface area contributed by atoms with Crippen molar-refractivity contribution >= 4 is 34.3 Å². The number of esters is 1. The average molecular weight is 736 g/mol. The molecular weight excluding hydrogens is 671 g/mol. The molecule has 2 aliphatic carbocycles. The van der Waals surface area contributed by atoms with Gasteiger partial charge in [0, 0.05) is 30.7 Å². The summed E-state index contributed by atoms with van der Waals surface area (Å²) in [5, 5.41) is 3.16. The molecule has 0 bridgehead atoms. The van der Waals surface area contributed by atoms with Gasteiger partial charge in [-0.1, -0.05) is 104 Å². The third kappa shape index (κ3) is 7.73. The predicted octanol–water partition coefficient (Wildman–Crippen LogP) is 8.98. The summed E-state index contributed by atoms with van der Waals surface area (Å²) in [5.74, 6) is -2.08. The smallest absolute Gasteiger partial charge is 0.303 e. The molecule has 51 heavy (non-hydrogen) atoms. The second-order valence-corrected chi connectivity index (χ2v) is 28.2. The Labute approximate surface area is 310 Å². The molecule has 0 aromatic heterocycles. The molecule has 1 aliphatic heterocycles. The van der Waals surface area contributed by atoms with Crippen LogP contribution in [0.15, 0.2) is 66.8 Å². The van der Waals surface area contributed by atoms with Gasteiger partial charge in [0.2, 0.25) is 5.91 Å². The van der Waals surface area contributed by atoms with E-state index in [0.717, 1.165) is 11.1 Å². The first-order valence-corrected chi connectivity index (χ1v) is 24.6. The molecule has 1 unspecified atom stereocenters. The van der Waals surface area contributed by atoms with Gasteiger partial charge in [0.05, 0.1) is 6.10 Å². The zero-order valence-electron chi connectivity index (χ0n) is 33.8. The van der Waals surface area contributed by atoms with E-state index in [1.165, 1.54) is 6.92 Å². The van der Waals surface area contributed by atoms with Crippen LogP contribution in [0.2, 0.25) is 36.3 Å². The minimum atomic E-state index is -2.48. The summed E-state index contributed by atoms with van der Waals surface area (Å²) < 4.78 is 20.6. The second-order valence-electron chi connectivity index (χ2n) is 18.7. The fourth-order valence-electron chi connectivity index (χ4n) is 8.05. The fourth-order valence-corrected chi connectivity index (χ4v) is 10.9. The number of Topliss-reactive ketones (excluding diaryl/α,β-unsaturated/α-hetero) is 1. The largest absolute Gasteiger partial charge is 0.457 e. The number of carbonyl (C=O) groups excluding carboxylic acids is 3. The summed E-state index contributed by atoms with van der Waals surface area (Å²) in [6.45, 7) is 33.8. The van der Waals surface area contributed by atoms with Crippen LogP contribution < -0.4 is 5.32 Å². The molecule has 3 aliphatic rings. The highest BCUT2D eigenvalue weighted by Gasteiger charge is 2.69. The van der Waals surface area contributed by atoms with Crippen LogP contribution >= 0.6 is 0 Å². The molecule has 0 radical (unpaired) electrons. The molecule has 1 saturated carbocycles. The van der Waals surface area contributed by atoms with Crippen LogP contribution in [0.5, 0.6) is 0 Å². The Kier molecular flexibility index (Phi) is 11.6.